The van der Waals surface area contributed by atoms with Crippen LogP contribution >= 0.6 is 0 Å². The molecule has 3 heteroatoms. The molecule has 48 valence electrons. The van der Waals surface area contributed by atoms with Gasteiger partial charge < -0.3 is 5.11 Å². The van der Waals surface area contributed by atoms with E-state index in [1.54, 1.807) is 6.07 Å². The van der Waals surface area contributed by atoms with Crippen LogP contribution in [-0.2, 0) is 4.79 Å². The van der Waals surface area contributed by atoms with Gasteiger partial charge in [0.05, 0.1) is 6.07 Å². The number of carbonyl (C=O) groups is 1. The van der Waals surface area contributed by atoms with Crippen molar-refractivity contribution in [3.63, 3.8) is 0 Å². The first kappa shape index (κ1) is 7.70. The number of allylic oxidation sites excluding steroid dienone is 1. The summed E-state index contributed by atoms with van der Waals surface area (Å²) in [6.45, 7) is 2.88. The molecule has 0 aromatic rings. The van der Waals surface area contributed by atoms with E-state index in [4.69, 9.17) is 10.4 Å². The van der Waals surface area contributed by atoms with Crippen molar-refractivity contribution in [1.29, 1.82) is 5.26 Å². The van der Waals surface area contributed by atoms with E-state index in [9.17, 15) is 4.79 Å². The molecule has 0 saturated heterocycles. The molecule has 0 amide bonds. The third kappa shape index (κ3) is 1.96. The van der Waals surface area contributed by atoms with Gasteiger partial charge >= 0.3 is 5.97 Å². The van der Waals surface area contributed by atoms with E-state index in [1.807, 2.05) is 0 Å². The lowest BCUT2D eigenvalue weighted by Gasteiger charge is -1.90. The van der Waals surface area contributed by atoms with Gasteiger partial charge in [-0.15, -0.1) is 0 Å². The van der Waals surface area contributed by atoms with E-state index < -0.39 is 5.97 Å². The third-order valence-electron chi connectivity index (χ3n) is 1.05. The monoisotopic (exact) mass is 125 g/mol. The number of carboxylic acid groups (broad SMARTS) is 1. The summed E-state index contributed by atoms with van der Waals surface area (Å²) in [5.74, 6) is -1.03. The van der Waals surface area contributed by atoms with E-state index >= 15 is 0 Å². The van der Waals surface area contributed by atoms with Crippen molar-refractivity contribution in [3.05, 3.63) is 11.1 Å². The highest BCUT2D eigenvalue weighted by molar-refractivity contribution is 5.87. The molecule has 0 unspecified atom stereocenters. The summed E-state index contributed by atoms with van der Waals surface area (Å²) >= 11 is 0. The van der Waals surface area contributed by atoms with E-state index in [1.165, 1.54) is 13.8 Å². The molecular formula is C6H7NO2. The first-order valence-corrected chi connectivity index (χ1v) is 2.40. The molecule has 0 rings (SSSR count). The predicted octanol–water partition coefficient (Wildman–Crippen LogP) is 0.931. The van der Waals surface area contributed by atoms with Crippen LogP contribution in [0.25, 0.3) is 0 Å². The SMILES string of the molecule is CC(C#N)=C(C)C(=O)O. The molecule has 0 aliphatic carbocycles. The Balaban J connectivity index is 4.54. The molecule has 1 N–H and O–H groups in total. The Bertz CT molecular complexity index is 198. The number of aliphatic carboxylic acids is 1. The summed E-state index contributed by atoms with van der Waals surface area (Å²) in [7, 11) is 0. The fourth-order valence-corrected chi connectivity index (χ4v) is 0.244. The van der Waals surface area contributed by atoms with Gasteiger partial charge in [0.25, 0.3) is 0 Å². The summed E-state index contributed by atoms with van der Waals surface area (Å²) in [4.78, 5) is 10.1. The summed E-state index contributed by atoms with van der Waals surface area (Å²) in [5, 5.41) is 16.5. The first-order chi connectivity index (χ1) is 4.09. The average Bonchev–Trinajstić information content (AvgIpc) is 1.84. The molecule has 0 aromatic heterocycles. The van der Waals surface area contributed by atoms with Gasteiger partial charge in [-0.3, -0.25) is 0 Å². The van der Waals surface area contributed by atoms with Gasteiger partial charge in [-0.2, -0.15) is 5.26 Å². The normalized spacial score (nSPS) is 11.7. The topological polar surface area (TPSA) is 61.1 Å². The highest BCUT2D eigenvalue weighted by Crippen LogP contribution is 2.00. The fraction of sp³-hybridized carbons (Fsp3) is 0.333. The smallest absolute Gasteiger partial charge is 0.332 e. The predicted molar refractivity (Wildman–Crippen MR) is 31.6 cm³/mol. The van der Waals surface area contributed by atoms with Gasteiger partial charge in [0, 0.05) is 11.1 Å². The van der Waals surface area contributed by atoms with Crippen molar-refractivity contribution in [2.45, 2.75) is 13.8 Å². The maximum absolute atomic E-state index is 10.1. The van der Waals surface area contributed by atoms with Crippen molar-refractivity contribution in [2.24, 2.45) is 0 Å². The number of hydrogen-bond acceptors (Lipinski definition) is 2. The molecule has 0 atom stereocenters. The molecule has 0 aliphatic heterocycles. The Hall–Kier alpha value is -1.30. The summed E-state index contributed by atoms with van der Waals surface area (Å²) in [6, 6.07) is 1.74. The van der Waals surface area contributed by atoms with Gasteiger partial charge in [-0.05, 0) is 13.8 Å². The molecule has 3 nitrogen and oxygen atoms in total. The van der Waals surface area contributed by atoms with E-state index in [0.29, 0.717) is 0 Å². The molecule has 0 fully saturated rings. The van der Waals surface area contributed by atoms with Gasteiger partial charge in [0.15, 0.2) is 0 Å². The molecule has 0 aromatic carbocycles. The molecule has 0 bridgehead atoms. The van der Waals surface area contributed by atoms with Crippen LogP contribution in [0.4, 0.5) is 0 Å². The highest BCUT2D eigenvalue weighted by atomic mass is 16.4. The second kappa shape index (κ2) is 2.88. The largest absolute Gasteiger partial charge is 0.478 e. The lowest BCUT2D eigenvalue weighted by molar-refractivity contribution is -0.132. The molecule has 0 aliphatic rings. The minimum atomic E-state index is -1.03. The Morgan fingerprint density at radius 3 is 2.11 bits per heavy atom. The molecular weight excluding hydrogens is 118 g/mol. The summed E-state index contributed by atoms with van der Waals surface area (Å²) in [5.41, 5.74) is 0.361. The van der Waals surface area contributed by atoms with Crippen LogP contribution in [0.5, 0.6) is 0 Å². The number of hydrogen-bond donors (Lipinski definition) is 1. The maximum Gasteiger partial charge on any atom is 0.332 e. The minimum Gasteiger partial charge on any atom is -0.478 e. The second-order valence-corrected chi connectivity index (χ2v) is 1.67. The molecule has 9 heavy (non-hydrogen) atoms. The average molecular weight is 125 g/mol. The van der Waals surface area contributed by atoms with Crippen LogP contribution in [0, 0.1) is 11.3 Å². The first-order valence-electron chi connectivity index (χ1n) is 2.40. The minimum absolute atomic E-state index is 0.109. The van der Waals surface area contributed by atoms with Crippen molar-refractivity contribution in [3.8, 4) is 6.07 Å². The van der Waals surface area contributed by atoms with E-state index in [-0.39, 0.29) is 11.1 Å². The van der Waals surface area contributed by atoms with Crippen LogP contribution in [0.1, 0.15) is 13.8 Å². The molecule has 0 saturated carbocycles. The molecule has 0 heterocycles. The Labute approximate surface area is 53.2 Å². The van der Waals surface area contributed by atoms with Gasteiger partial charge in [-0.25, -0.2) is 4.79 Å². The molecule has 0 radical (unpaired) electrons. The zero-order valence-electron chi connectivity index (χ0n) is 5.30. The number of nitrogens with zero attached hydrogens (tertiary/aromatic N) is 1. The van der Waals surface area contributed by atoms with Crippen molar-refractivity contribution in [1.82, 2.24) is 0 Å². The zero-order valence-corrected chi connectivity index (χ0v) is 5.30. The lowest BCUT2D eigenvalue weighted by Crippen LogP contribution is -1.97. The number of nitriles is 1. The fourth-order valence-electron chi connectivity index (χ4n) is 0.244. The zero-order chi connectivity index (χ0) is 7.44. The van der Waals surface area contributed by atoms with Gasteiger partial charge in [-0.1, -0.05) is 0 Å². The van der Waals surface area contributed by atoms with Gasteiger partial charge in [0.1, 0.15) is 0 Å². The van der Waals surface area contributed by atoms with E-state index in [0.717, 1.165) is 0 Å². The quantitative estimate of drug-likeness (QED) is 0.419. The number of rotatable bonds is 1. The van der Waals surface area contributed by atoms with Crippen LogP contribution in [0.2, 0.25) is 0 Å². The van der Waals surface area contributed by atoms with Crippen LogP contribution in [-0.4, -0.2) is 11.1 Å². The van der Waals surface area contributed by atoms with E-state index in [2.05, 4.69) is 0 Å². The van der Waals surface area contributed by atoms with Crippen molar-refractivity contribution >= 4 is 5.97 Å². The van der Waals surface area contributed by atoms with Crippen LogP contribution < -0.4 is 0 Å². The van der Waals surface area contributed by atoms with Gasteiger partial charge in [0.2, 0.25) is 0 Å². The lowest BCUT2D eigenvalue weighted by atomic mass is 10.2. The number of carboxylic acids is 1. The van der Waals surface area contributed by atoms with Crippen molar-refractivity contribution < 1.29 is 9.90 Å². The molecule has 0 spiro atoms. The summed E-state index contributed by atoms with van der Waals surface area (Å²) in [6.07, 6.45) is 0. The highest BCUT2D eigenvalue weighted by Gasteiger charge is 2.02. The standard InChI is InChI=1S/C6H7NO2/c1-4(3-7)5(2)6(8)9/h1-2H3,(H,8,9). The van der Waals surface area contributed by atoms with Crippen LogP contribution in [0.3, 0.4) is 0 Å². The second-order valence-electron chi connectivity index (χ2n) is 1.67. The Kier molecular flexibility index (Phi) is 2.46. The summed E-state index contributed by atoms with van der Waals surface area (Å²) < 4.78 is 0. The van der Waals surface area contributed by atoms with Crippen molar-refractivity contribution in [2.75, 3.05) is 0 Å². The third-order valence-corrected chi connectivity index (χ3v) is 1.05. The maximum atomic E-state index is 10.1. The Morgan fingerprint density at radius 1 is 1.56 bits per heavy atom. The van der Waals surface area contributed by atoms with Crippen LogP contribution in [0.15, 0.2) is 11.1 Å². The Morgan fingerprint density at radius 2 is 2.00 bits per heavy atom.